The minimum atomic E-state index is -3.03. The van der Waals surface area contributed by atoms with E-state index in [-0.39, 0.29) is 29.4 Å². The van der Waals surface area contributed by atoms with Crippen LogP contribution < -0.4 is 10.9 Å². The van der Waals surface area contributed by atoms with Crippen LogP contribution in [0.3, 0.4) is 0 Å². The summed E-state index contributed by atoms with van der Waals surface area (Å²) in [6.07, 6.45) is 2.88. The lowest BCUT2D eigenvalue weighted by atomic mass is 10.1. The number of nitrogens with one attached hydrogen (secondary N) is 2. The smallest absolute Gasteiger partial charge is 0.262 e. The average Bonchev–Trinajstić information content (AvgIpc) is 2.83. The number of sulfone groups is 1. The molecule has 1 aliphatic heterocycles. The molecule has 0 aromatic heterocycles. The molecule has 1 aliphatic rings. The van der Waals surface area contributed by atoms with E-state index in [0.717, 1.165) is 6.08 Å². The first-order valence-corrected chi connectivity index (χ1v) is 8.90. The average molecular weight is 340 g/mol. The zero-order valence-corrected chi connectivity index (χ0v) is 13.1. The molecule has 2 rings (SSSR count). The molecule has 1 saturated heterocycles. The molecule has 2 amide bonds. The van der Waals surface area contributed by atoms with Gasteiger partial charge >= 0.3 is 0 Å². The van der Waals surface area contributed by atoms with E-state index in [2.05, 4.69) is 10.9 Å². The predicted octanol–water partition coefficient (Wildman–Crippen LogP) is 0.811. The van der Waals surface area contributed by atoms with Gasteiger partial charge in [-0.2, -0.15) is 0 Å². The molecule has 0 unspecified atom stereocenters. The van der Waals surface area contributed by atoms with E-state index in [1.165, 1.54) is 24.3 Å². The lowest BCUT2D eigenvalue weighted by Gasteiger charge is -2.08. The van der Waals surface area contributed by atoms with Gasteiger partial charge in [0.2, 0.25) is 5.91 Å². The van der Waals surface area contributed by atoms with E-state index in [9.17, 15) is 22.4 Å². The van der Waals surface area contributed by atoms with Gasteiger partial charge in [-0.15, -0.1) is 0 Å². The third-order valence-electron chi connectivity index (χ3n) is 3.45. The summed E-state index contributed by atoms with van der Waals surface area (Å²) in [7, 11) is -3.03. The summed E-state index contributed by atoms with van der Waals surface area (Å²) in [4.78, 5) is 23.2. The Bertz CT molecular complexity index is 731. The van der Waals surface area contributed by atoms with Crippen LogP contribution in [0.5, 0.6) is 0 Å². The van der Waals surface area contributed by atoms with Crippen molar-refractivity contribution in [3.63, 3.8) is 0 Å². The maximum absolute atomic E-state index is 13.3. The van der Waals surface area contributed by atoms with Crippen molar-refractivity contribution < 1.29 is 22.4 Å². The fourth-order valence-electron chi connectivity index (χ4n) is 2.29. The van der Waals surface area contributed by atoms with Crippen LogP contribution >= 0.6 is 0 Å². The first-order chi connectivity index (χ1) is 10.9. The Labute approximate surface area is 133 Å². The third-order valence-corrected chi connectivity index (χ3v) is 5.28. The van der Waals surface area contributed by atoms with Crippen LogP contribution in [0.4, 0.5) is 4.39 Å². The highest BCUT2D eigenvalue weighted by Crippen LogP contribution is 2.21. The first kappa shape index (κ1) is 17.1. The Balaban J connectivity index is 1.76. The lowest BCUT2D eigenvalue weighted by molar-refractivity contribution is -0.127. The van der Waals surface area contributed by atoms with Crippen molar-refractivity contribution in [2.75, 3.05) is 11.5 Å². The van der Waals surface area contributed by atoms with E-state index in [4.69, 9.17) is 0 Å². The standard InChI is InChI=1S/C15H17FN2O4S/c16-13-4-2-1-3-12(13)5-6-14(19)17-18-15(20)9-11-7-8-23(21,22)10-11/h1-6,11H,7-10H2,(H,17,19)(H,18,20)/b6-5+/t11-/m1/s1. The van der Waals surface area contributed by atoms with Gasteiger partial charge in [0, 0.05) is 18.1 Å². The summed E-state index contributed by atoms with van der Waals surface area (Å²) in [5.41, 5.74) is 4.63. The van der Waals surface area contributed by atoms with Crippen molar-refractivity contribution in [1.82, 2.24) is 10.9 Å². The highest BCUT2D eigenvalue weighted by atomic mass is 32.2. The quantitative estimate of drug-likeness (QED) is 0.627. The summed E-state index contributed by atoms with van der Waals surface area (Å²) in [5, 5.41) is 0. The minimum Gasteiger partial charge on any atom is -0.273 e. The highest BCUT2D eigenvalue weighted by Gasteiger charge is 2.29. The summed E-state index contributed by atoms with van der Waals surface area (Å²) in [6.45, 7) is 0. The second-order valence-corrected chi connectivity index (χ2v) is 7.59. The maximum Gasteiger partial charge on any atom is 0.262 e. The second-order valence-electron chi connectivity index (χ2n) is 5.37. The Morgan fingerprint density at radius 3 is 2.65 bits per heavy atom. The molecule has 0 saturated carbocycles. The van der Waals surface area contributed by atoms with Crippen molar-refractivity contribution in [2.45, 2.75) is 12.8 Å². The molecule has 6 nitrogen and oxygen atoms in total. The van der Waals surface area contributed by atoms with Crippen molar-refractivity contribution >= 4 is 27.7 Å². The van der Waals surface area contributed by atoms with Gasteiger partial charge in [-0.1, -0.05) is 18.2 Å². The third kappa shape index (κ3) is 5.48. The molecule has 124 valence electrons. The van der Waals surface area contributed by atoms with Gasteiger partial charge < -0.3 is 0 Å². The fourth-order valence-corrected chi connectivity index (χ4v) is 4.16. The molecule has 1 aromatic carbocycles. The Morgan fingerprint density at radius 1 is 1.26 bits per heavy atom. The molecule has 0 radical (unpaired) electrons. The van der Waals surface area contributed by atoms with Crippen molar-refractivity contribution in [3.05, 3.63) is 41.7 Å². The maximum atomic E-state index is 13.3. The number of carbonyl (C=O) groups is 2. The number of hydrogen-bond donors (Lipinski definition) is 2. The number of rotatable bonds is 4. The normalized spacial score (nSPS) is 19.6. The topological polar surface area (TPSA) is 92.3 Å². The van der Waals surface area contributed by atoms with Crippen LogP contribution in [0.15, 0.2) is 30.3 Å². The Morgan fingerprint density at radius 2 is 2.00 bits per heavy atom. The minimum absolute atomic E-state index is 0.00154. The molecule has 1 heterocycles. The van der Waals surface area contributed by atoms with E-state index in [1.54, 1.807) is 6.07 Å². The zero-order valence-electron chi connectivity index (χ0n) is 12.3. The van der Waals surface area contributed by atoms with Crippen molar-refractivity contribution in [1.29, 1.82) is 0 Å². The van der Waals surface area contributed by atoms with Gasteiger partial charge in [-0.25, -0.2) is 12.8 Å². The van der Waals surface area contributed by atoms with Gasteiger partial charge in [0.25, 0.3) is 5.91 Å². The lowest BCUT2D eigenvalue weighted by Crippen LogP contribution is -2.41. The molecular formula is C15H17FN2O4S. The molecule has 23 heavy (non-hydrogen) atoms. The van der Waals surface area contributed by atoms with Gasteiger partial charge in [-0.3, -0.25) is 20.4 Å². The molecule has 0 bridgehead atoms. The summed E-state index contributed by atoms with van der Waals surface area (Å²) < 4.78 is 35.9. The SMILES string of the molecule is O=C(/C=C/c1ccccc1F)NNC(=O)C[C@H]1CCS(=O)(=O)C1. The number of benzene rings is 1. The van der Waals surface area contributed by atoms with Gasteiger partial charge in [0.1, 0.15) is 5.82 Å². The first-order valence-electron chi connectivity index (χ1n) is 7.07. The van der Waals surface area contributed by atoms with Crippen molar-refractivity contribution in [3.8, 4) is 0 Å². The van der Waals surface area contributed by atoms with Crippen LogP contribution in [0.2, 0.25) is 0 Å². The molecule has 1 atom stereocenters. The molecule has 8 heteroatoms. The van der Waals surface area contributed by atoms with Crippen LogP contribution in [0.1, 0.15) is 18.4 Å². The molecule has 1 aromatic rings. The zero-order chi connectivity index (χ0) is 16.9. The molecule has 2 N–H and O–H groups in total. The number of carbonyl (C=O) groups excluding carboxylic acids is 2. The van der Waals surface area contributed by atoms with Crippen LogP contribution in [0.25, 0.3) is 6.08 Å². The van der Waals surface area contributed by atoms with Crippen LogP contribution in [-0.2, 0) is 19.4 Å². The fraction of sp³-hybridized carbons (Fsp3) is 0.333. The van der Waals surface area contributed by atoms with E-state index >= 15 is 0 Å². The Kier molecular flexibility index (Phi) is 5.49. The highest BCUT2D eigenvalue weighted by molar-refractivity contribution is 7.91. The van der Waals surface area contributed by atoms with Crippen LogP contribution in [0, 0.1) is 11.7 Å². The molecular weight excluding hydrogens is 323 g/mol. The number of hydrazine groups is 1. The van der Waals surface area contributed by atoms with Gasteiger partial charge in [-0.05, 0) is 24.5 Å². The van der Waals surface area contributed by atoms with E-state index in [0.29, 0.717) is 6.42 Å². The summed E-state index contributed by atoms with van der Waals surface area (Å²) in [6, 6.07) is 5.96. The Hall–Kier alpha value is -2.22. The summed E-state index contributed by atoms with van der Waals surface area (Å²) >= 11 is 0. The van der Waals surface area contributed by atoms with Gasteiger partial charge in [0.05, 0.1) is 11.5 Å². The number of halogens is 1. The number of amides is 2. The predicted molar refractivity (Wildman–Crippen MR) is 83.1 cm³/mol. The van der Waals surface area contributed by atoms with Gasteiger partial charge in [0.15, 0.2) is 9.84 Å². The summed E-state index contributed by atoms with van der Waals surface area (Å²) in [5.74, 6) is -1.64. The molecule has 1 fully saturated rings. The molecule has 0 spiro atoms. The number of hydrogen-bond acceptors (Lipinski definition) is 4. The van der Waals surface area contributed by atoms with Crippen molar-refractivity contribution in [2.24, 2.45) is 5.92 Å². The van der Waals surface area contributed by atoms with E-state index < -0.39 is 27.5 Å². The largest absolute Gasteiger partial charge is 0.273 e. The van der Waals surface area contributed by atoms with Crippen LogP contribution in [-0.4, -0.2) is 31.7 Å². The van der Waals surface area contributed by atoms with E-state index in [1.807, 2.05) is 0 Å². The molecule has 0 aliphatic carbocycles. The monoisotopic (exact) mass is 340 g/mol. The second kappa shape index (κ2) is 7.36.